The van der Waals surface area contributed by atoms with Crippen LogP contribution >= 0.6 is 38.5 Å². The molecule has 1 N–H and O–H groups in total. The number of benzene rings is 3. The van der Waals surface area contributed by atoms with Crippen LogP contribution in [-0.4, -0.2) is 20.9 Å². The first-order valence-corrected chi connectivity index (χ1v) is 13.2. The Hall–Kier alpha value is -2.88. The lowest BCUT2D eigenvalue weighted by Gasteiger charge is -2.14. The van der Waals surface area contributed by atoms with Crippen molar-refractivity contribution in [1.82, 2.24) is 0 Å². The summed E-state index contributed by atoms with van der Waals surface area (Å²) in [6.07, 6.45) is 1.40. The van der Waals surface area contributed by atoms with Crippen LogP contribution in [0.2, 0.25) is 0 Å². The first-order chi connectivity index (χ1) is 16.2. The number of carbonyl (C=O) groups excluding carboxylic acids is 1. The summed E-state index contributed by atoms with van der Waals surface area (Å²) >= 11 is 5.25. The van der Waals surface area contributed by atoms with Gasteiger partial charge in [0.1, 0.15) is 16.5 Å². The lowest BCUT2D eigenvalue weighted by Crippen LogP contribution is -2.13. The third kappa shape index (κ3) is 6.59. The summed E-state index contributed by atoms with van der Waals surface area (Å²) in [6.45, 7) is 2.00. The van der Waals surface area contributed by atoms with E-state index in [-0.39, 0.29) is 28.6 Å². The highest BCUT2D eigenvalue weighted by Gasteiger charge is 2.22. The van der Waals surface area contributed by atoms with Crippen molar-refractivity contribution < 1.29 is 22.1 Å². The van der Waals surface area contributed by atoms with Gasteiger partial charge in [-0.2, -0.15) is 13.7 Å². The van der Waals surface area contributed by atoms with E-state index >= 15 is 0 Å². The fourth-order valence-electron chi connectivity index (χ4n) is 2.81. The van der Waals surface area contributed by atoms with E-state index in [9.17, 15) is 18.5 Å². The molecule has 1 amide bonds. The van der Waals surface area contributed by atoms with Crippen molar-refractivity contribution in [2.24, 2.45) is 0 Å². The van der Waals surface area contributed by atoms with Crippen LogP contribution in [0.25, 0.3) is 6.08 Å². The van der Waals surface area contributed by atoms with E-state index < -0.39 is 16.0 Å². The molecule has 0 spiro atoms. The summed E-state index contributed by atoms with van der Waals surface area (Å²) in [6, 6.07) is 19.7. The van der Waals surface area contributed by atoms with E-state index in [4.69, 9.17) is 8.92 Å². The second-order valence-corrected chi connectivity index (χ2v) is 10.4. The molecule has 34 heavy (non-hydrogen) atoms. The second kappa shape index (κ2) is 11.5. The lowest BCUT2D eigenvalue weighted by atomic mass is 10.1. The molecule has 0 heterocycles. The molecule has 10 heteroatoms. The van der Waals surface area contributed by atoms with Gasteiger partial charge in [0.15, 0.2) is 11.5 Å². The van der Waals surface area contributed by atoms with Gasteiger partial charge in [-0.05, 0) is 89.7 Å². The molecule has 0 aliphatic rings. The number of ether oxygens (including phenoxy) is 1. The Morgan fingerprint density at radius 1 is 1.15 bits per heavy atom. The molecule has 0 atom stereocenters. The first kappa shape index (κ1) is 25.7. The van der Waals surface area contributed by atoms with Gasteiger partial charge < -0.3 is 14.2 Å². The number of nitrogens with zero attached hydrogens (tertiary/aromatic N) is 1. The number of amides is 1. The Bertz CT molecular complexity index is 1370. The Kier molecular flexibility index (Phi) is 8.71. The number of carbonyl (C=O) groups is 1. The fraction of sp³-hybridized carbons (Fsp3) is 0.0833. The Labute approximate surface area is 219 Å². The van der Waals surface area contributed by atoms with E-state index in [0.717, 1.165) is 4.47 Å². The minimum atomic E-state index is -4.09. The zero-order chi connectivity index (χ0) is 24.7. The topological polar surface area (TPSA) is 105 Å². The maximum atomic E-state index is 12.7. The molecule has 0 saturated carbocycles. The monoisotopic (exact) mass is 652 g/mol. The molecule has 0 bridgehead atoms. The third-order valence-corrected chi connectivity index (χ3v) is 6.90. The highest BCUT2D eigenvalue weighted by atomic mass is 127. The predicted octanol–water partition coefficient (Wildman–Crippen LogP) is 5.77. The maximum absolute atomic E-state index is 12.7. The van der Waals surface area contributed by atoms with E-state index in [1.807, 2.05) is 28.7 Å². The van der Waals surface area contributed by atoms with Crippen LogP contribution in [0, 0.1) is 14.9 Å². The molecule has 0 fully saturated rings. The van der Waals surface area contributed by atoms with Crippen LogP contribution in [0.3, 0.4) is 0 Å². The van der Waals surface area contributed by atoms with Crippen LogP contribution in [0.4, 0.5) is 5.69 Å². The average molecular weight is 653 g/mol. The number of hydrogen-bond donors (Lipinski definition) is 1. The van der Waals surface area contributed by atoms with Gasteiger partial charge >= 0.3 is 10.1 Å². The lowest BCUT2D eigenvalue weighted by molar-refractivity contribution is -0.112. The summed E-state index contributed by atoms with van der Waals surface area (Å²) in [5, 5.41) is 12.2. The van der Waals surface area contributed by atoms with Crippen LogP contribution in [0.15, 0.2) is 81.7 Å². The van der Waals surface area contributed by atoms with Crippen LogP contribution in [0.1, 0.15) is 12.5 Å². The van der Waals surface area contributed by atoms with Crippen molar-refractivity contribution in [3.63, 3.8) is 0 Å². The van der Waals surface area contributed by atoms with Gasteiger partial charge in [0.2, 0.25) is 0 Å². The van der Waals surface area contributed by atoms with Crippen molar-refractivity contribution in [1.29, 1.82) is 5.26 Å². The first-order valence-electron chi connectivity index (χ1n) is 9.88. The van der Waals surface area contributed by atoms with Gasteiger partial charge in [0.25, 0.3) is 5.91 Å². The molecule has 0 unspecified atom stereocenters. The molecule has 0 aliphatic heterocycles. The molecule has 7 nitrogen and oxygen atoms in total. The minimum absolute atomic E-state index is 0.00796. The Morgan fingerprint density at radius 3 is 2.44 bits per heavy atom. The standard InChI is InChI=1S/C24H18BrIN2O5S/c1-2-32-22-14-16(12-17(15-27)24(29)28-19-10-8-18(25)9-11-19)13-21(26)23(22)33-34(30,31)20-6-4-3-5-7-20/h3-14H,2H2,1H3,(H,28,29)/b17-12+. The van der Waals surface area contributed by atoms with Gasteiger partial charge in [-0.15, -0.1) is 0 Å². The minimum Gasteiger partial charge on any atom is -0.490 e. The molecule has 0 aromatic heterocycles. The summed E-state index contributed by atoms with van der Waals surface area (Å²) in [4.78, 5) is 12.6. The van der Waals surface area contributed by atoms with Crippen molar-refractivity contribution in [2.75, 3.05) is 11.9 Å². The van der Waals surface area contributed by atoms with E-state index in [1.165, 1.54) is 24.3 Å². The van der Waals surface area contributed by atoms with E-state index in [1.54, 1.807) is 55.5 Å². The molecule has 0 radical (unpaired) electrons. The van der Waals surface area contributed by atoms with Gasteiger partial charge in [-0.3, -0.25) is 4.79 Å². The number of nitriles is 1. The van der Waals surface area contributed by atoms with Gasteiger partial charge in [0.05, 0.1) is 10.2 Å². The molecule has 0 saturated heterocycles. The molecular formula is C24H18BrIN2O5S. The van der Waals surface area contributed by atoms with Crippen LogP contribution in [0.5, 0.6) is 11.5 Å². The average Bonchev–Trinajstić information content (AvgIpc) is 2.82. The molecule has 3 aromatic rings. The zero-order valence-corrected chi connectivity index (χ0v) is 22.3. The van der Waals surface area contributed by atoms with Crippen LogP contribution in [-0.2, 0) is 14.9 Å². The van der Waals surface area contributed by atoms with Crippen molar-refractivity contribution >= 4 is 66.3 Å². The molecule has 0 aliphatic carbocycles. The Morgan fingerprint density at radius 2 is 1.82 bits per heavy atom. The number of anilines is 1. The van der Waals surface area contributed by atoms with Crippen LogP contribution < -0.4 is 14.2 Å². The SMILES string of the molecule is CCOc1cc(/C=C(\C#N)C(=O)Nc2ccc(Br)cc2)cc(I)c1OS(=O)(=O)c1ccccc1. The quantitative estimate of drug-likeness (QED) is 0.143. The van der Waals surface area contributed by atoms with Gasteiger partial charge in [-0.25, -0.2) is 0 Å². The smallest absolute Gasteiger partial charge is 0.339 e. The highest BCUT2D eigenvalue weighted by molar-refractivity contribution is 14.1. The summed E-state index contributed by atoms with van der Waals surface area (Å²) in [5.74, 6) is -0.378. The number of halogens is 2. The maximum Gasteiger partial charge on any atom is 0.339 e. The summed E-state index contributed by atoms with van der Waals surface area (Å²) < 4.78 is 37.7. The van der Waals surface area contributed by atoms with E-state index in [0.29, 0.717) is 14.8 Å². The molecule has 3 rings (SSSR count). The second-order valence-electron chi connectivity index (χ2n) is 6.74. The predicted molar refractivity (Wildman–Crippen MR) is 141 cm³/mol. The third-order valence-electron chi connectivity index (χ3n) is 4.33. The summed E-state index contributed by atoms with van der Waals surface area (Å²) in [7, 11) is -4.09. The van der Waals surface area contributed by atoms with Gasteiger partial charge in [-0.1, -0.05) is 34.1 Å². The molecule has 3 aromatic carbocycles. The molecular weight excluding hydrogens is 635 g/mol. The number of hydrogen-bond acceptors (Lipinski definition) is 6. The number of nitrogens with one attached hydrogen (secondary N) is 1. The summed E-state index contributed by atoms with van der Waals surface area (Å²) in [5.41, 5.74) is 0.875. The van der Waals surface area contributed by atoms with Gasteiger partial charge in [0, 0.05) is 10.2 Å². The zero-order valence-electron chi connectivity index (χ0n) is 17.8. The Balaban J connectivity index is 1.93. The van der Waals surface area contributed by atoms with Crippen molar-refractivity contribution in [2.45, 2.75) is 11.8 Å². The molecule has 174 valence electrons. The largest absolute Gasteiger partial charge is 0.490 e. The van der Waals surface area contributed by atoms with Crippen molar-refractivity contribution in [3.8, 4) is 17.6 Å². The highest BCUT2D eigenvalue weighted by Crippen LogP contribution is 2.37. The normalized spacial score (nSPS) is 11.4. The van der Waals surface area contributed by atoms with E-state index in [2.05, 4.69) is 21.2 Å². The number of rotatable bonds is 8. The van der Waals surface area contributed by atoms with Crippen molar-refractivity contribution in [3.05, 3.63) is 85.9 Å². The fourth-order valence-corrected chi connectivity index (χ4v) is 4.93.